The second-order valence-corrected chi connectivity index (χ2v) is 7.58. The number of hydrogen-bond acceptors (Lipinski definition) is 2. The van der Waals surface area contributed by atoms with Crippen LogP contribution in [-0.4, -0.2) is 12.1 Å². The van der Waals surface area contributed by atoms with Crippen LogP contribution < -0.4 is 0 Å². The maximum Gasteiger partial charge on any atom is 0.405 e. The second kappa shape index (κ2) is 7.31. The minimum absolute atomic E-state index is 0.220. The van der Waals surface area contributed by atoms with Gasteiger partial charge in [-0.2, -0.15) is 13.2 Å². The SMILES string of the molecule is C=CCC(CC)(C(=O)OCc1ccc2ccc3cccc4ccc1c2c34)C(F)(F)F. The van der Waals surface area contributed by atoms with E-state index in [1.54, 1.807) is 0 Å². The van der Waals surface area contributed by atoms with E-state index in [4.69, 9.17) is 4.74 Å². The van der Waals surface area contributed by atoms with Crippen molar-refractivity contribution in [2.24, 2.45) is 5.41 Å². The molecule has 0 amide bonds. The first-order valence-corrected chi connectivity index (χ1v) is 9.82. The van der Waals surface area contributed by atoms with Crippen molar-refractivity contribution in [2.45, 2.75) is 32.5 Å². The molecule has 1 unspecified atom stereocenters. The fourth-order valence-corrected chi connectivity index (χ4v) is 4.25. The van der Waals surface area contributed by atoms with E-state index in [1.165, 1.54) is 6.92 Å². The minimum atomic E-state index is -4.71. The summed E-state index contributed by atoms with van der Waals surface area (Å²) in [4.78, 5) is 12.6. The number of halogens is 3. The normalized spacial score (nSPS) is 14.3. The summed E-state index contributed by atoms with van der Waals surface area (Å²) in [7, 11) is 0. The summed E-state index contributed by atoms with van der Waals surface area (Å²) in [5.41, 5.74) is -1.89. The molecule has 0 spiro atoms. The van der Waals surface area contributed by atoms with Gasteiger partial charge >= 0.3 is 12.1 Å². The Hall–Kier alpha value is -3.08. The maximum atomic E-state index is 13.7. The van der Waals surface area contributed by atoms with Crippen LogP contribution >= 0.6 is 0 Å². The van der Waals surface area contributed by atoms with Crippen LogP contribution in [0.15, 0.2) is 67.3 Å². The van der Waals surface area contributed by atoms with Gasteiger partial charge in [-0.15, -0.1) is 6.58 Å². The van der Waals surface area contributed by atoms with Crippen LogP contribution in [0.3, 0.4) is 0 Å². The molecule has 30 heavy (non-hydrogen) atoms. The van der Waals surface area contributed by atoms with E-state index in [9.17, 15) is 18.0 Å². The zero-order valence-corrected chi connectivity index (χ0v) is 16.6. The van der Waals surface area contributed by atoms with Crippen LogP contribution in [0.5, 0.6) is 0 Å². The van der Waals surface area contributed by atoms with Crippen molar-refractivity contribution in [3.63, 3.8) is 0 Å². The van der Waals surface area contributed by atoms with Gasteiger partial charge in [0, 0.05) is 0 Å². The summed E-state index contributed by atoms with van der Waals surface area (Å²) in [5.74, 6) is -1.26. The molecule has 154 valence electrons. The molecular weight excluding hydrogens is 389 g/mol. The molecule has 0 aliphatic rings. The number of allylic oxidation sites excluding steroid dienone is 1. The zero-order chi connectivity index (χ0) is 21.5. The van der Waals surface area contributed by atoms with E-state index in [1.807, 2.05) is 48.5 Å². The van der Waals surface area contributed by atoms with Gasteiger partial charge in [-0.3, -0.25) is 4.79 Å². The van der Waals surface area contributed by atoms with Gasteiger partial charge in [0.05, 0.1) is 0 Å². The standard InChI is InChI=1S/C25H21F3O2/c1-3-14-24(4-2,25(26,27)28)23(29)30-15-19-11-10-18-9-8-16-6-5-7-17-12-13-20(19)22(18)21(16)17/h3,5-13H,1,4,14-15H2,2H3. The Kier molecular flexibility index (Phi) is 4.92. The highest BCUT2D eigenvalue weighted by Gasteiger charge is 2.59. The van der Waals surface area contributed by atoms with Crippen LogP contribution in [-0.2, 0) is 16.1 Å². The lowest BCUT2D eigenvalue weighted by Crippen LogP contribution is -2.45. The fourth-order valence-electron chi connectivity index (χ4n) is 4.25. The van der Waals surface area contributed by atoms with Crippen molar-refractivity contribution in [3.8, 4) is 0 Å². The number of carbonyl (C=O) groups is 1. The Morgan fingerprint density at radius 1 is 0.967 bits per heavy atom. The van der Waals surface area contributed by atoms with Crippen molar-refractivity contribution < 1.29 is 22.7 Å². The minimum Gasteiger partial charge on any atom is -0.460 e. The van der Waals surface area contributed by atoms with Crippen LogP contribution in [0, 0.1) is 5.41 Å². The third-order valence-corrected chi connectivity index (χ3v) is 6.01. The van der Waals surface area contributed by atoms with Crippen molar-refractivity contribution in [1.82, 2.24) is 0 Å². The third kappa shape index (κ3) is 3.00. The van der Waals surface area contributed by atoms with Crippen molar-refractivity contribution in [1.29, 1.82) is 0 Å². The molecule has 4 rings (SSSR count). The number of benzene rings is 4. The van der Waals surface area contributed by atoms with Gasteiger partial charge in [-0.25, -0.2) is 0 Å². The number of ether oxygens (including phenoxy) is 1. The summed E-state index contributed by atoms with van der Waals surface area (Å²) < 4.78 is 46.4. The smallest absolute Gasteiger partial charge is 0.405 e. The van der Waals surface area contributed by atoms with Gasteiger partial charge in [0.15, 0.2) is 5.41 Å². The highest BCUT2D eigenvalue weighted by atomic mass is 19.4. The lowest BCUT2D eigenvalue weighted by molar-refractivity contribution is -0.235. The predicted molar refractivity (Wildman–Crippen MR) is 114 cm³/mol. The molecule has 5 heteroatoms. The second-order valence-electron chi connectivity index (χ2n) is 7.58. The van der Waals surface area contributed by atoms with E-state index < -0.39 is 30.4 Å². The molecule has 0 aliphatic heterocycles. The Bertz CT molecular complexity index is 1230. The van der Waals surface area contributed by atoms with Gasteiger partial charge < -0.3 is 4.74 Å². The average Bonchev–Trinajstić information content (AvgIpc) is 2.73. The van der Waals surface area contributed by atoms with Crippen molar-refractivity contribution in [2.75, 3.05) is 0 Å². The lowest BCUT2D eigenvalue weighted by atomic mass is 9.81. The first kappa shape index (κ1) is 20.2. The number of esters is 1. The molecule has 0 fully saturated rings. The van der Waals surface area contributed by atoms with Crippen molar-refractivity contribution in [3.05, 3.63) is 72.8 Å². The van der Waals surface area contributed by atoms with Gasteiger partial charge in [0.1, 0.15) is 6.61 Å². The van der Waals surface area contributed by atoms with Gasteiger partial charge in [0.25, 0.3) is 0 Å². The number of hydrogen-bond donors (Lipinski definition) is 0. The van der Waals surface area contributed by atoms with Crippen LogP contribution in [0.2, 0.25) is 0 Å². The van der Waals surface area contributed by atoms with Crippen LogP contribution in [0.4, 0.5) is 13.2 Å². The van der Waals surface area contributed by atoms with E-state index in [2.05, 4.69) is 12.6 Å². The number of carbonyl (C=O) groups excluding carboxylic acids is 1. The van der Waals surface area contributed by atoms with E-state index in [-0.39, 0.29) is 6.61 Å². The molecule has 0 radical (unpaired) electrons. The highest BCUT2D eigenvalue weighted by molar-refractivity contribution is 6.23. The molecule has 0 heterocycles. The Morgan fingerprint density at radius 3 is 2.17 bits per heavy atom. The van der Waals surface area contributed by atoms with Gasteiger partial charge in [0.2, 0.25) is 0 Å². The van der Waals surface area contributed by atoms with E-state index >= 15 is 0 Å². The number of rotatable bonds is 6. The highest BCUT2D eigenvalue weighted by Crippen LogP contribution is 2.45. The summed E-state index contributed by atoms with van der Waals surface area (Å²) in [6, 6.07) is 17.8. The molecule has 1 atom stereocenters. The summed E-state index contributed by atoms with van der Waals surface area (Å²) in [6.07, 6.45) is -4.51. The molecular formula is C25H21F3O2. The summed E-state index contributed by atoms with van der Waals surface area (Å²) in [6.45, 7) is 4.51. The quantitative estimate of drug-likeness (QED) is 0.191. The Balaban J connectivity index is 1.74. The maximum absolute atomic E-state index is 13.7. The van der Waals surface area contributed by atoms with Crippen LogP contribution in [0.1, 0.15) is 25.3 Å². The molecule has 0 saturated heterocycles. The molecule has 0 bridgehead atoms. The molecule has 4 aromatic rings. The van der Waals surface area contributed by atoms with Crippen LogP contribution in [0.25, 0.3) is 32.3 Å². The molecule has 0 N–H and O–H groups in total. The molecule has 4 aromatic carbocycles. The van der Waals surface area contributed by atoms with Gasteiger partial charge in [-0.1, -0.05) is 67.6 Å². The summed E-state index contributed by atoms with van der Waals surface area (Å²) >= 11 is 0. The van der Waals surface area contributed by atoms with Crippen molar-refractivity contribution >= 4 is 38.3 Å². The predicted octanol–water partition coefficient (Wildman–Crippen LogP) is 7.16. The first-order valence-electron chi connectivity index (χ1n) is 9.82. The largest absolute Gasteiger partial charge is 0.460 e. The summed E-state index contributed by atoms with van der Waals surface area (Å²) in [5, 5.41) is 6.23. The Labute approximate surface area is 172 Å². The molecule has 0 aromatic heterocycles. The fraction of sp³-hybridized carbons (Fsp3) is 0.240. The average molecular weight is 410 g/mol. The lowest BCUT2D eigenvalue weighted by Gasteiger charge is -2.31. The third-order valence-electron chi connectivity index (χ3n) is 6.01. The molecule has 0 saturated carbocycles. The first-order chi connectivity index (χ1) is 14.3. The Morgan fingerprint density at radius 2 is 1.57 bits per heavy atom. The topological polar surface area (TPSA) is 26.3 Å². The zero-order valence-electron chi connectivity index (χ0n) is 16.6. The monoisotopic (exact) mass is 410 g/mol. The van der Waals surface area contributed by atoms with E-state index in [0.717, 1.165) is 38.4 Å². The molecule has 0 aliphatic carbocycles. The number of alkyl halides is 3. The molecule has 2 nitrogen and oxygen atoms in total. The van der Waals surface area contributed by atoms with Gasteiger partial charge in [-0.05, 0) is 50.7 Å². The van der Waals surface area contributed by atoms with E-state index in [0.29, 0.717) is 5.56 Å².